The molecule has 1 aliphatic rings. The van der Waals surface area contributed by atoms with Crippen LogP contribution in [-0.2, 0) is 0 Å². The maximum absolute atomic E-state index is 5.53. The van der Waals surface area contributed by atoms with Crippen LogP contribution < -0.4 is 10.3 Å². The van der Waals surface area contributed by atoms with Crippen LogP contribution in [0.15, 0.2) is 53.9 Å². The van der Waals surface area contributed by atoms with Crippen molar-refractivity contribution >= 4 is 28.9 Å². The predicted octanol–water partition coefficient (Wildman–Crippen LogP) is 2.68. The minimum absolute atomic E-state index is 0.662. The highest BCUT2D eigenvalue weighted by Crippen LogP contribution is 2.12. The molecule has 2 aromatic heterocycles. The molecule has 3 rings (SSSR count). The minimum atomic E-state index is 0.662. The average molecular weight is 369 g/mol. The number of hydrazone groups is 1. The Bertz CT molecular complexity index is 726. The van der Waals surface area contributed by atoms with Crippen LogP contribution in [0.3, 0.4) is 0 Å². The molecular weight excluding hydrogens is 344 g/mol. The summed E-state index contributed by atoms with van der Waals surface area (Å²) in [5.41, 5.74) is 4.89. The lowest BCUT2D eigenvalue weighted by Gasteiger charge is -2.36. The standard InChI is InChI=1S/C19H24N6S/c1-2-7-17(16-8-3-5-10-20-16)22-23-19(26)25-14-12-24(13-15-25)18-9-4-6-11-21-18/h3-6,8-11H,2,7,12-15H2,1H3,(H,23,26). The number of piperazine rings is 1. The molecule has 0 aromatic carbocycles. The Morgan fingerprint density at radius 3 is 2.42 bits per heavy atom. The summed E-state index contributed by atoms with van der Waals surface area (Å²) in [6, 6.07) is 11.9. The molecule has 6 nitrogen and oxygen atoms in total. The van der Waals surface area contributed by atoms with Crippen molar-refractivity contribution in [3.63, 3.8) is 0 Å². The maximum atomic E-state index is 5.53. The zero-order chi connectivity index (χ0) is 18.2. The molecule has 136 valence electrons. The minimum Gasteiger partial charge on any atom is -0.353 e. The molecule has 0 saturated carbocycles. The number of hydrogen-bond donors (Lipinski definition) is 1. The predicted molar refractivity (Wildman–Crippen MR) is 109 cm³/mol. The van der Waals surface area contributed by atoms with Crippen LogP contribution in [0.25, 0.3) is 0 Å². The first-order valence-electron chi connectivity index (χ1n) is 8.97. The molecule has 0 bridgehead atoms. The van der Waals surface area contributed by atoms with Crippen LogP contribution in [0.2, 0.25) is 0 Å². The van der Waals surface area contributed by atoms with Crippen LogP contribution in [0.1, 0.15) is 25.5 Å². The summed E-state index contributed by atoms with van der Waals surface area (Å²) < 4.78 is 0. The normalized spacial score (nSPS) is 15.0. The summed E-state index contributed by atoms with van der Waals surface area (Å²) in [6.07, 6.45) is 5.48. The molecule has 1 N–H and O–H groups in total. The topological polar surface area (TPSA) is 56.7 Å². The Morgan fingerprint density at radius 1 is 1.08 bits per heavy atom. The van der Waals surface area contributed by atoms with Crippen molar-refractivity contribution in [3.8, 4) is 0 Å². The smallest absolute Gasteiger partial charge is 0.189 e. The maximum Gasteiger partial charge on any atom is 0.189 e. The van der Waals surface area contributed by atoms with Gasteiger partial charge >= 0.3 is 0 Å². The van der Waals surface area contributed by atoms with E-state index >= 15 is 0 Å². The van der Waals surface area contributed by atoms with Gasteiger partial charge in [-0.1, -0.05) is 25.5 Å². The first-order chi connectivity index (χ1) is 12.8. The van der Waals surface area contributed by atoms with Crippen molar-refractivity contribution in [2.24, 2.45) is 5.10 Å². The lowest BCUT2D eigenvalue weighted by atomic mass is 10.1. The van der Waals surface area contributed by atoms with E-state index in [0.717, 1.165) is 56.2 Å². The monoisotopic (exact) mass is 368 g/mol. The van der Waals surface area contributed by atoms with Gasteiger partial charge in [0.2, 0.25) is 0 Å². The fourth-order valence-corrected chi connectivity index (χ4v) is 3.11. The molecule has 0 atom stereocenters. The fraction of sp³-hybridized carbons (Fsp3) is 0.368. The van der Waals surface area contributed by atoms with E-state index in [2.05, 4.69) is 37.2 Å². The molecule has 7 heteroatoms. The summed E-state index contributed by atoms with van der Waals surface area (Å²) >= 11 is 5.53. The van der Waals surface area contributed by atoms with Crippen LogP contribution in [0.4, 0.5) is 5.82 Å². The molecule has 0 amide bonds. The number of thiocarbonyl (C=S) groups is 1. The third-order valence-electron chi connectivity index (χ3n) is 4.27. The van der Waals surface area contributed by atoms with Gasteiger partial charge in [0.05, 0.1) is 11.4 Å². The lowest BCUT2D eigenvalue weighted by Crippen LogP contribution is -2.51. The Morgan fingerprint density at radius 2 is 1.81 bits per heavy atom. The van der Waals surface area contributed by atoms with Crippen molar-refractivity contribution < 1.29 is 0 Å². The summed E-state index contributed by atoms with van der Waals surface area (Å²) in [6.45, 7) is 5.62. The van der Waals surface area contributed by atoms with Crippen molar-refractivity contribution in [1.29, 1.82) is 0 Å². The number of aromatic nitrogens is 2. The third kappa shape index (κ3) is 4.76. The number of nitrogens with one attached hydrogen (secondary N) is 1. The van der Waals surface area contributed by atoms with Gasteiger partial charge in [0.15, 0.2) is 5.11 Å². The van der Waals surface area contributed by atoms with Gasteiger partial charge < -0.3 is 9.80 Å². The number of rotatable bonds is 5. The van der Waals surface area contributed by atoms with Crippen molar-refractivity contribution in [1.82, 2.24) is 20.3 Å². The second-order valence-corrected chi connectivity index (χ2v) is 6.49. The highest BCUT2D eigenvalue weighted by molar-refractivity contribution is 7.80. The quantitative estimate of drug-likeness (QED) is 0.497. The second-order valence-electron chi connectivity index (χ2n) is 6.10. The van der Waals surface area contributed by atoms with Crippen LogP contribution in [0.5, 0.6) is 0 Å². The molecule has 3 heterocycles. The molecule has 0 aliphatic carbocycles. The van der Waals surface area contributed by atoms with E-state index in [1.165, 1.54) is 0 Å². The van der Waals surface area contributed by atoms with Gasteiger partial charge in [-0.25, -0.2) is 4.98 Å². The summed E-state index contributed by atoms with van der Waals surface area (Å²) in [4.78, 5) is 13.2. The van der Waals surface area contributed by atoms with Crippen molar-refractivity contribution in [2.75, 3.05) is 31.1 Å². The highest BCUT2D eigenvalue weighted by atomic mass is 32.1. The first kappa shape index (κ1) is 18.3. The van der Waals surface area contributed by atoms with Gasteiger partial charge in [-0.15, -0.1) is 0 Å². The Balaban J connectivity index is 1.56. The Hall–Kier alpha value is -2.54. The third-order valence-corrected chi connectivity index (χ3v) is 4.62. The molecule has 1 fully saturated rings. The van der Waals surface area contributed by atoms with Crippen LogP contribution >= 0.6 is 12.2 Å². The molecule has 26 heavy (non-hydrogen) atoms. The summed E-state index contributed by atoms with van der Waals surface area (Å²) in [5.74, 6) is 1.02. The van der Waals surface area contributed by atoms with E-state index < -0.39 is 0 Å². The average Bonchev–Trinajstić information content (AvgIpc) is 2.72. The second kappa shape index (κ2) is 9.24. The Kier molecular flexibility index (Phi) is 6.49. The van der Waals surface area contributed by atoms with Gasteiger partial charge in [0.25, 0.3) is 0 Å². The number of anilines is 1. The van der Waals surface area contributed by atoms with Gasteiger partial charge in [-0.2, -0.15) is 5.10 Å². The van der Waals surface area contributed by atoms with E-state index in [1.54, 1.807) is 6.20 Å². The van der Waals surface area contributed by atoms with E-state index in [1.807, 2.05) is 42.6 Å². The Labute approximate surface area is 160 Å². The number of hydrogen-bond acceptors (Lipinski definition) is 5. The van der Waals surface area contributed by atoms with Crippen molar-refractivity contribution in [2.45, 2.75) is 19.8 Å². The van der Waals surface area contributed by atoms with Crippen LogP contribution in [-0.4, -0.2) is 51.9 Å². The van der Waals surface area contributed by atoms with E-state index in [9.17, 15) is 0 Å². The van der Waals surface area contributed by atoms with Gasteiger partial charge in [0, 0.05) is 38.6 Å². The van der Waals surface area contributed by atoms with E-state index in [-0.39, 0.29) is 0 Å². The van der Waals surface area contributed by atoms with Gasteiger partial charge in [-0.05, 0) is 42.9 Å². The SMILES string of the molecule is CCCC(=NNC(=S)N1CCN(c2ccccn2)CC1)c1ccccn1. The van der Waals surface area contributed by atoms with E-state index in [4.69, 9.17) is 12.2 Å². The molecule has 2 aromatic rings. The highest BCUT2D eigenvalue weighted by Gasteiger charge is 2.19. The zero-order valence-electron chi connectivity index (χ0n) is 15.0. The molecule has 1 saturated heterocycles. The molecule has 0 radical (unpaired) electrons. The molecular formula is C19H24N6S. The summed E-state index contributed by atoms with van der Waals surface area (Å²) in [7, 11) is 0. The fourth-order valence-electron chi connectivity index (χ4n) is 2.88. The zero-order valence-corrected chi connectivity index (χ0v) is 15.8. The largest absolute Gasteiger partial charge is 0.353 e. The number of pyridine rings is 2. The van der Waals surface area contributed by atoms with Gasteiger partial charge in [-0.3, -0.25) is 10.4 Å². The lowest BCUT2D eigenvalue weighted by molar-refractivity contribution is 0.380. The van der Waals surface area contributed by atoms with Crippen LogP contribution in [0, 0.1) is 0 Å². The number of nitrogens with zero attached hydrogens (tertiary/aromatic N) is 5. The molecule has 0 unspecified atom stereocenters. The summed E-state index contributed by atoms with van der Waals surface area (Å²) in [5, 5.41) is 5.19. The molecule has 1 aliphatic heterocycles. The first-order valence-corrected chi connectivity index (χ1v) is 9.37. The van der Waals surface area contributed by atoms with Crippen molar-refractivity contribution in [3.05, 3.63) is 54.5 Å². The molecule has 0 spiro atoms. The van der Waals surface area contributed by atoms with Gasteiger partial charge in [0.1, 0.15) is 5.82 Å². The van der Waals surface area contributed by atoms with E-state index in [0.29, 0.717) is 5.11 Å².